The molecule has 1 N–H and O–H groups in total. The lowest BCUT2D eigenvalue weighted by Gasteiger charge is -2.13. The Morgan fingerprint density at radius 3 is 3.14 bits per heavy atom. The lowest BCUT2D eigenvalue weighted by Crippen LogP contribution is -2.19. The molecule has 2 nitrogen and oxygen atoms in total. The maximum Gasteiger partial charge on any atom is 0.140 e. The van der Waals surface area contributed by atoms with Crippen LogP contribution in [0.15, 0.2) is 22.8 Å². The average molecular weight is 273 g/mol. The van der Waals surface area contributed by atoms with Crippen LogP contribution in [0.3, 0.4) is 0 Å². The Morgan fingerprint density at radius 1 is 1.64 bits per heavy atom. The van der Waals surface area contributed by atoms with E-state index in [9.17, 15) is 0 Å². The number of hydrogen-bond acceptors (Lipinski definition) is 3. The van der Waals surface area contributed by atoms with Gasteiger partial charge in [0.15, 0.2) is 0 Å². The van der Waals surface area contributed by atoms with Gasteiger partial charge in [0.25, 0.3) is 0 Å². The molecule has 1 aromatic rings. The summed E-state index contributed by atoms with van der Waals surface area (Å²) in [4.78, 5) is 4.30. The van der Waals surface area contributed by atoms with E-state index < -0.39 is 0 Å². The second kappa shape index (κ2) is 4.53. The molecular formula is C10H13BrN2S. The third kappa shape index (κ3) is 2.42. The van der Waals surface area contributed by atoms with Gasteiger partial charge in [0.05, 0.1) is 4.47 Å². The molecule has 0 radical (unpaired) electrons. The quantitative estimate of drug-likeness (QED) is 0.896. The largest absolute Gasteiger partial charge is 0.366 e. The first-order chi connectivity index (χ1) is 6.75. The van der Waals surface area contributed by atoms with Gasteiger partial charge in [-0.2, -0.15) is 11.8 Å². The number of rotatable bonds is 2. The smallest absolute Gasteiger partial charge is 0.140 e. The summed E-state index contributed by atoms with van der Waals surface area (Å²) in [5.41, 5.74) is 0. The van der Waals surface area contributed by atoms with Crippen LogP contribution in [0.5, 0.6) is 0 Å². The highest BCUT2D eigenvalue weighted by atomic mass is 79.9. The second-order valence-electron chi connectivity index (χ2n) is 3.55. The zero-order valence-electron chi connectivity index (χ0n) is 8.03. The van der Waals surface area contributed by atoms with Crippen molar-refractivity contribution in [2.75, 3.05) is 11.1 Å². The molecule has 0 bridgehead atoms. The molecule has 1 saturated heterocycles. The summed E-state index contributed by atoms with van der Waals surface area (Å²) in [6.07, 6.45) is 3.05. The molecule has 2 rings (SSSR count). The zero-order chi connectivity index (χ0) is 9.97. The molecule has 1 aliphatic rings. The van der Waals surface area contributed by atoms with Crippen LogP contribution >= 0.6 is 27.7 Å². The van der Waals surface area contributed by atoms with Crippen molar-refractivity contribution < 1.29 is 0 Å². The van der Waals surface area contributed by atoms with E-state index in [1.807, 2.05) is 30.1 Å². The van der Waals surface area contributed by atoms with Crippen LogP contribution in [0.1, 0.15) is 13.3 Å². The molecule has 0 spiro atoms. The number of anilines is 1. The van der Waals surface area contributed by atoms with Gasteiger partial charge in [0.1, 0.15) is 5.82 Å². The molecule has 14 heavy (non-hydrogen) atoms. The molecular weight excluding hydrogens is 260 g/mol. The fourth-order valence-electron chi connectivity index (χ4n) is 1.60. The summed E-state index contributed by atoms with van der Waals surface area (Å²) in [5.74, 6) is 2.15. The van der Waals surface area contributed by atoms with Crippen molar-refractivity contribution in [2.45, 2.75) is 24.6 Å². The van der Waals surface area contributed by atoms with E-state index in [0.717, 1.165) is 15.5 Å². The highest BCUT2D eigenvalue weighted by molar-refractivity contribution is 9.10. The van der Waals surface area contributed by atoms with Crippen LogP contribution in [0, 0.1) is 0 Å². The maximum atomic E-state index is 4.30. The fourth-order valence-corrected chi connectivity index (χ4v) is 3.12. The molecule has 1 aromatic heterocycles. The minimum Gasteiger partial charge on any atom is -0.366 e. The van der Waals surface area contributed by atoms with Crippen molar-refractivity contribution in [3.63, 3.8) is 0 Å². The fraction of sp³-hybridized carbons (Fsp3) is 0.500. The Morgan fingerprint density at radius 2 is 2.50 bits per heavy atom. The van der Waals surface area contributed by atoms with Gasteiger partial charge in [-0.3, -0.25) is 0 Å². The van der Waals surface area contributed by atoms with Crippen LogP contribution in [0.25, 0.3) is 0 Å². The Labute approximate surface area is 97.0 Å². The highest BCUT2D eigenvalue weighted by Gasteiger charge is 2.22. The van der Waals surface area contributed by atoms with E-state index in [1.165, 1.54) is 12.2 Å². The van der Waals surface area contributed by atoms with Crippen LogP contribution < -0.4 is 5.32 Å². The van der Waals surface area contributed by atoms with E-state index in [0.29, 0.717) is 6.04 Å². The summed E-state index contributed by atoms with van der Waals surface area (Å²) in [6, 6.07) is 4.52. The topological polar surface area (TPSA) is 24.9 Å². The monoisotopic (exact) mass is 272 g/mol. The summed E-state index contributed by atoms with van der Waals surface area (Å²) >= 11 is 5.51. The van der Waals surface area contributed by atoms with E-state index in [4.69, 9.17) is 0 Å². The molecule has 1 fully saturated rings. The number of hydrogen-bond donors (Lipinski definition) is 1. The van der Waals surface area contributed by atoms with Gasteiger partial charge in [-0.05, 0) is 34.5 Å². The van der Waals surface area contributed by atoms with Crippen molar-refractivity contribution in [1.82, 2.24) is 4.98 Å². The van der Waals surface area contributed by atoms with Gasteiger partial charge >= 0.3 is 0 Å². The van der Waals surface area contributed by atoms with Crippen molar-refractivity contribution in [3.05, 3.63) is 22.8 Å². The average Bonchev–Trinajstić information content (AvgIpc) is 2.56. The molecule has 2 atom stereocenters. The molecule has 1 aliphatic heterocycles. The first-order valence-electron chi connectivity index (χ1n) is 4.74. The van der Waals surface area contributed by atoms with E-state index in [-0.39, 0.29) is 0 Å². The van der Waals surface area contributed by atoms with Gasteiger partial charge in [0, 0.05) is 23.2 Å². The van der Waals surface area contributed by atoms with E-state index in [2.05, 4.69) is 33.2 Å². The van der Waals surface area contributed by atoms with Gasteiger partial charge in [-0.25, -0.2) is 4.98 Å². The van der Waals surface area contributed by atoms with Crippen molar-refractivity contribution in [3.8, 4) is 0 Å². The second-order valence-corrected chi connectivity index (χ2v) is 5.88. The predicted octanol–water partition coefficient (Wildman–Crippen LogP) is 3.15. The van der Waals surface area contributed by atoms with Crippen LogP contribution in [-0.2, 0) is 0 Å². The number of nitrogens with zero attached hydrogens (tertiary/aromatic N) is 1. The lowest BCUT2D eigenvalue weighted by atomic mass is 10.2. The molecule has 0 aliphatic carbocycles. The van der Waals surface area contributed by atoms with Crippen LogP contribution in [0.4, 0.5) is 5.82 Å². The standard InChI is InChI=1S/C10H13BrN2S/c1-7-5-8(6-14-7)13-10-9(11)3-2-4-12-10/h2-4,7-8H,5-6H2,1H3,(H,12,13). The number of nitrogens with one attached hydrogen (secondary N) is 1. The van der Waals surface area contributed by atoms with Crippen LogP contribution in [0.2, 0.25) is 0 Å². The Bertz CT molecular complexity index is 319. The predicted molar refractivity (Wildman–Crippen MR) is 65.9 cm³/mol. The summed E-state index contributed by atoms with van der Waals surface area (Å²) in [6.45, 7) is 2.28. The van der Waals surface area contributed by atoms with Crippen LogP contribution in [-0.4, -0.2) is 22.0 Å². The number of thioether (sulfide) groups is 1. The summed E-state index contributed by atoms with van der Waals surface area (Å²) in [7, 11) is 0. The van der Waals surface area contributed by atoms with Gasteiger partial charge in [0.2, 0.25) is 0 Å². The van der Waals surface area contributed by atoms with Crippen molar-refractivity contribution in [1.29, 1.82) is 0 Å². The van der Waals surface area contributed by atoms with Gasteiger partial charge in [-0.1, -0.05) is 6.92 Å². The molecule has 2 unspecified atom stereocenters. The molecule has 0 aromatic carbocycles. The third-order valence-electron chi connectivity index (χ3n) is 2.30. The molecule has 0 saturated carbocycles. The SMILES string of the molecule is CC1CC(Nc2ncccc2Br)CS1. The number of halogens is 1. The minimum absolute atomic E-state index is 0.571. The van der Waals surface area contributed by atoms with Gasteiger partial charge in [-0.15, -0.1) is 0 Å². The van der Waals surface area contributed by atoms with Crippen molar-refractivity contribution in [2.24, 2.45) is 0 Å². The van der Waals surface area contributed by atoms with Crippen molar-refractivity contribution >= 4 is 33.5 Å². The molecule has 76 valence electrons. The Hall–Kier alpha value is -0.220. The maximum absolute atomic E-state index is 4.30. The lowest BCUT2D eigenvalue weighted by molar-refractivity contribution is 0.742. The zero-order valence-corrected chi connectivity index (χ0v) is 10.4. The molecule has 0 amide bonds. The van der Waals surface area contributed by atoms with E-state index >= 15 is 0 Å². The molecule has 4 heteroatoms. The highest BCUT2D eigenvalue weighted by Crippen LogP contribution is 2.29. The van der Waals surface area contributed by atoms with Gasteiger partial charge < -0.3 is 5.32 Å². The number of aromatic nitrogens is 1. The normalized spacial score (nSPS) is 26.4. The Kier molecular flexibility index (Phi) is 3.34. The van der Waals surface area contributed by atoms with E-state index in [1.54, 1.807) is 0 Å². The minimum atomic E-state index is 0.571. The Balaban J connectivity index is 2.01. The first-order valence-corrected chi connectivity index (χ1v) is 6.58. The summed E-state index contributed by atoms with van der Waals surface area (Å²) in [5, 5.41) is 4.23. The number of pyridine rings is 1. The first kappa shape index (κ1) is 10.3. The summed E-state index contributed by atoms with van der Waals surface area (Å²) < 4.78 is 1.05. The third-order valence-corrected chi connectivity index (χ3v) is 4.29. The molecule has 2 heterocycles.